The number of benzene rings is 5. The van der Waals surface area contributed by atoms with Crippen molar-refractivity contribution in [2.75, 3.05) is 50.1 Å². The van der Waals surface area contributed by atoms with Crippen molar-refractivity contribution in [1.29, 1.82) is 0 Å². The Morgan fingerprint density at radius 2 is 1.45 bits per heavy atom. The average molecular weight is 1110 g/mol. The number of halogens is 6. The number of nitrogens with one attached hydrogen (secondary N) is 2. The highest BCUT2D eigenvalue weighted by atomic mass is 32.2. The summed E-state index contributed by atoms with van der Waals surface area (Å²) < 4.78 is 145. The molecule has 5 aromatic rings. The number of hydrogen-bond donors (Lipinski definition) is 3. The highest BCUT2D eigenvalue weighted by Gasteiger charge is 2.49. The molecular weight excluding hydrogens is 1040 g/mol. The van der Waals surface area contributed by atoms with Crippen molar-refractivity contribution in [1.82, 2.24) is 9.62 Å². The zero-order valence-electron chi connectivity index (χ0n) is 42.3. The van der Waals surface area contributed by atoms with Crippen LogP contribution in [0, 0.1) is 5.92 Å². The Balaban J connectivity index is 1.14. The summed E-state index contributed by atoms with van der Waals surface area (Å²) in [6.45, 7) is 15.1. The first kappa shape index (κ1) is 58.4. The molecule has 11 nitrogen and oxygen atoms in total. The predicted octanol–water partition coefficient (Wildman–Crippen LogP) is 12.0. The second-order valence-electron chi connectivity index (χ2n) is 20.1. The number of piperidine rings is 1. The van der Waals surface area contributed by atoms with Crippen LogP contribution >= 0.6 is 11.8 Å². The van der Waals surface area contributed by atoms with Crippen molar-refractivity contribution in [3.8, 4) is 11.1 Å². The van der Waals surface area contributed by atoms with E-state index in [1.165, 1.54) is 36.0 Å². The summed E-state index contributed by atoms with van der Waals surface area (Å²) in [7, 11) is -11.2. The van der Waals surface area contributed by atoms with E-state index < -0.39 is 79.0 Å². The number of thioether (sulfide) groups is 1. The van der Waals surface area contributed by atoms with E-state index in [2.05, 4.69) is 39.2 Å². The number of anilines is 2. The van der Waals surface area contributed by atoms with Crippen LogP contribution in [0.3, 0.4) is 0 Å². The Bertz CT molecular complexity index is 2920. The lowest BCUT2D eigenvalue weighted by Crippen LogP contribution is -2.42. The van der Waals surface area contributed by atoms with Gasteiger partial charge in [-0.05, 0) is 140 Å². The fraction of sp³-hybridized carbons (Fsp3) is 0.415. The highest BCUT2D eigenvalue weighted by Crippen LogP contribution is 2.41. The van der Waals surface area contributed by atoms with Gasteiger partial charge < -0.3 is 24.6 Å². The number of alkyl halides is 6. The van der Waals surface area contributed by atoms with Gasteiger partial charge in [-0.15, -0.1) is 11.8 Å². The molecule has 1 fully saturated rings. The van der Waals surface area contributed by atoms with Gasteiger partial charge in [-0.25, -0.2) is 21.6 Å². The van der Waals surface area contributed by atoms with E-state index in [1.54, 1.807) is 36.4 Å². The number of carbonyl (C=O) groups excluding carboxylic acids is 1. The number of sulfone groups is 1. The summed E-state index contributed by atoms with van der Waals surface area (Å²) in [6.07, 6.45) is -3.96. The lowest BCUT2D eigenvalue weighted by Gasteiger charge is -2.36. The maximum atomic E-state index is 14.4. The normalized spacial score (nSPS) is 15.7. The number of aliphatic hydroxyl groups is 1. The third-order valence-corrected chi connectivity index (χ3v) is 22.5. The van der Waals surface area contributed by atoms with E-state index in [4.69, 9.17) is 4.43 Å². The molecule has 1 aliphatic heterocycles. The fourth-order valence-corrected chi connectivity index (χ4v) is 12.5. The lowest BCUT2D eigenvalue weighted by atomic mass is 9.84. The molecule has 1 aliphatic rings. The Hall–Kier alpha value is -4.90. The maximum Gasteiger partial charge on any atom is 0.501 e. The van der Waals surface area contributed by atoms with E-state index >= 15 is 0 Å². The second kappa shape index (κ2) is 23.5. The topological polar surface area (TPSA) is 145 Å². The molecule has 1 saturated heterocycles. The van der Waals surface area contributed by atoms with Crippen molar-refractivity contribution in [3.05, 3.63) is 138 Å². The molecule has 1 amide bonds. The summed E-state index contributed by atoms with van der Waals surface area (Å²) >= 11 is 1.44. The van der Waals surface area contributed by atoms with E-state index in [1.807, 2.05) is 58.8 Å². The third-order valence-electron chi connectivity index (χ3n) is 13.9. The molecule has 5 aromatic carbocycles. The van der Waals surface area contributed by atoms with Gasteiger partial charge in [-0.2, -0.15) is 26.3 Å². The molecule has 1 unspecified atom stereocenters. The molecule has 0 aromatic heterocycles. The average Bonchev–Trinajstić information content (AvgIpc) is 3.34. The van der Waals surface area contributed by atoms with E-state index in [0.29, 0.717) is 80.5 Å². The van der Waals surface area contributed by atoms with Crippen LogP contribution < -0.4 is 14.9 Å². The van der Waals surface area contributed by atoms with Crippen LogP contribution in [0.15, 0.2) is 136 Å². The summed E-state index contributed by atoms with van der Waals surface area (Å²) in [5.74, 6) is -1.30. The number of amides is 1. The summed E-state index contributed by atoms with van der Waals surface area (Å²) in [5, 5.41) is 14.2. The van der Waals surface area contributed by atoms with Crippen molar-refractivity contribution in [2.24, 2.45) is 5.92 Å². The number of sulfonamides is 1. The first-order valence-electron chi connectivity index (χ1n) is 24.1. The molecule has 3 atom stereocenters. The van der Waals surface area contributed by atoms with Crippen molar-refractivity contribution in [2.45, 2.75) is 109 Å². The monoisotopic (exact) mass is 1110 g/mol. The SMILES string of the molecule is CC(Sc1ccccc1)[C@@H](CCN(C)CCO[Si](C)(C)C(C)(C)C)Nc1ccc(S(=O)(=O)NC(=O)c2ccc(N3CCC([C@@H](O)c4ccccc4-c4ccc(C(F)(F)F)cc4)CC3)cc2)cc1S(=O)(=O)C(F)(F)F. The summed E-state index contributed by atoms with van der Waals surface area (Å²) in [4.78, 5) is 16.1. The molecule has 21 heteroatoms. The number of nitrogens with zero attached hydrogens (tertiary/aromatic N) is 2. The molecule has 0 saturated carbocycles. The van der Waals surface area contributed by atoms with Gasteiger partial charge in [0.05, 0.1) is 22.3 Å². The van der Waals surface area contributed by atoms with Gasteiger partial charge in [0.15, 0.2) is 8.32 Å². The van der Waals surface area contributed by atoms with Crippen LogP contribution in [0.4, 0.5) is 37.7 Å². The van der Waals surface area contributed by atoms with Crippen molar-refractivity contribution in [3.63, 3.8) is 0 Å². The van der Waals surface area contributed by atoms with Gasteiger partial charge in [0.2, 0.25) is 0 Å². The van der Waals surface area contributed by atoms with Crippen LogP contribution in [0.5, 0.6) is 0 Å². The zero-order chi connectivity index (χ0) is 54.4. The largest absolute Gasteiger partial charge is 0.501 e. The maximum absolute atomic E-state index is 14.4. The molecule has 3 N–H and O–H groups in total. The highest BCUT2D eigenvalue weighted by molar-refractivity contribution is 8.00. The quantitative estimate of drug-likeness (QED) is 0.0389. The van der Waals surface area contributed by atoms with Crippen LogP contribution in [0.1, 0.15) is 74.5 Å². The molecule has 0 bridgehead atoms. The summed E-state index contributed by atoms with van der Waals surface area (Å²) in [6, 6.07) is 28.7. The van der Waals surface area contributed by atoms with Crippen LogP contribution in [-0.2, 0) is 30.5 Å². The Morgan fingerprint density at radius 3 is 2.04 bits per heavy atom. The van der Waals surface area contributed by atoms with Gasteiger partial charge >= 0.3 is 11.7 Å². The van der Waals surface area contributed by atoms with Crippen molar-refractivity contribution >= 4 is 57.2 Å². The fourth-order valence-electron chi connectivity index (χ4n) is 8.35. The van der Waals surface area contributed by atoms with Gasteiger partial charge in [-0.3, -0.25) is 4.79 Å². The van der Waals surface area contributed by atoms with Gasteiger partial charge in [0, 0.05) is 53.7 Å². The third kappa shape index (κ3) is 14.5. The second-order valence-corrected chi connectivity index (χ2v) is 30.0. The standard InChI is InChI=1S/C53H64F6N4O7S3Si/c1-36(71-42-13-9-8-10-14-42)46(29-30-62(5)33-34-70-74(6,7)51(2,3)4)60-47-26-25-43(35-48(47)72(66,67)53(57,58)59)73(68,69)61-50(65)39-19-23-41(24-20-39)63-31-27-38(28-32-63)49(64)45-16-12-11-15-44(45)37-17-21-40(22-18-37)52(54,55)56/h8-26,35-36,38,46,49,60,64H,27-34H2,1-7H3,(H,61,65)/t36?,46-,49-/m1/s1. The molecule has 0 radical (unpaired) electrons. The Kier molecular flexibility index (Phi) is 18.6. The van der Waals surface area contributed by atoms with Gasteiger partial charge in [0.25, 0.3) is 25.8 Å². The van der Waals surface area contributed by atoms with Gasteiger partial charge in [-0.1, -0.05) is 82.3 Å². The van der Waals surface area contributed by atoms with Gasteiger partial charge in [0.1, 0.15) is 4.90 Å². The minimum Gasteiger partial charge on any atom is -0.416 e. The zero-order valence-corrected chi connectivity index (χ0v) is 45.7. The smallest absolute Gasteiger partial charge is 0.416 e. The molecule has 6 rings (SSSR count). The summed E-state index contributed by atoms with van der Waals surface area (Å²) in [5.41, 5.74) is -4.71. The number of carbonyl (C=O) groups is 1. The van der Waals surface area contributed by atoms with Crippen LogP contribution in [0.2, 0.25) is 18.1 Å². The van der Waals surface area contributed by atoms with Crippen LogP contribution in [-0.4, -0.2) is 97.7 Å². The Labute approximate surface area is 436 Å². The Morgan fingerprint density at radius 1 is 0.838 bits per heavy atom. The lowest BCUT2D eigenvalue weighted by molar-refractivity contribution is -0.137. The number of hydrogen-bond acceptors (Lipinski definition) is 11. The molecule has 0 aliphatic carbocycles. The molecule has 74 heavy (non-hydrogen) atoms. The van der Waals surface area contributed by atoms with Crippen LogP contribution in [0.25, 0.3) is 11.1 Å². The minimum atomic E-state index is -6.15. The first-order chi connectivity index (χ1) is 34.5. The number of likely N-dealkylation sites (N-methyl/N-ethyl adjacent to an activating group) is 1. The molecule has 0 spiro atoms. The molecule has 1 heterocycles. The van der Waals surface area contributed by atoms with E-state index in [9.17, 15) is 53.1 Å². The molecular formula is C53H64F6N4O7S3Si. The predicted molar refractivity (Wildman–Crippen MR) is 282 cm³/mol. The first-order valence-corrected chi connectivity index (χ1v) is 30.9. The number of rotatable bonds is 20. The number of aliphatic hydroxyl groups excluding tert-OH is 1. The minimum absolute atomic E-state index is 0.00746. The van der Waals surface area contributed by atoms with Crippen molar-refractivity contribution < 1.29 is 57.5 Å². The molecule has 402 valence electrons. The van der Waals surface area contributed by atoms with E-state index in [0.717, 1.165) is 29.2 Å². The van der Waals surface area contributed by atoms with E-state index in [-0.39, 0.29) is 21.8 Å².